The zero-order chi connectivity index (χ0) is 15.9. The molecule has 1 aromatic rings. The van der Waals surface area contributed by atoms with E-state index in [0.29, 0.717) is 18.4 Å². The summed E-state index contributed by atoms with van der Waals surface area (Å²) in [6.45, 7) is 2.76. The van der Waals surface area contributed by atoms with Crippen molar-refractivity contribution in [1.82, 2.24) is 4.90 Å². The molecule has 1 saturated carbocycles. The number of halogens is 2. The normalized spacial score (nSPS) is 21.2. The molecule has 2 N–H and O–H groups in total. The molecule has 116 valence electrons. The van der Waals surface area contributed by atoms with Crippen LogP contribution in [0.2, 0.25) is 10.0 Å². The van der Waals surface area contributed by atoms with E-state index in [-0.39, 0.29) is 26.4 Å². The number of amides is 1. The SMILES string of the molecule is CC1CC1CN(C)C(=O)c1cc(Cl)c(Cl)c(S(N)(=O)=O)c1. The summed E-state index contributed by atoms with van der Waals surface area (Å²) in [6.07, 6.45) is 1.10. The Hall–Kier alpha value is -0.820. The Balaban J connectivity index is 2.31. The summed E-state index contributed by atoms with van der Waals surface area (Å²) < 4.78 is 23.0. The van der Waals surface area contributed by atoms with Gasteiger partial charge in [-0.2, -0.15) is 0 Å². The zero-order valence-corrected chi connectivity index (χ0v) is 14.0. The Bertz CT molecular complexity index is 691. The molecule has 8 heteroatoms. The van der Waals surface area contributed by atoms with Crippen LogP contribution in [0.15, 0.2) is 17.0 Å². The molecule has 1 aromatic carbocycles. The molecular formula is C13H16Cl2N2O3S. The lowest BCUT2D eigenvalue weighted by molar-refractivity contribution is 0.0787. The van der Waals surface area contributed by atoms with Crippen LogP contribution in [-0.2, 0) is 10.0 Å². The summed E-state index contributed by atoms with van der Waals surface area (Å²) in [5.41, 5.74) is 0.157. The molecule has 0 saturated heterocycles. The van der Waals surface area contributed by atoms with Gasteiger partial charge in [-0.05, 0) is 30.4 Å². The van der Waals surface area contributed by atoms with Gasteiger partial charge in [0.2, 0.25) is 10.0 Å². The molecule has 0 radical (unpaired) electrons. The highest BCUT2D eigenvalue weighted by Gasteiger charge is 2.34. The highest BCUT2D eigenvalue weighted by Crippen LogP contribution is 2.38. The van der Waals surface area contributed by atoms with E-state index in [1.165, 1.54) is 12.1 Å². The average Bonchev–Trinajstić information content (AvgIpc) is 3.05. The predicted octanol–water partition coefficient (Wildman–Crippen LogP) is 2.37. The molecule has 21 heavy (non-hydrogen) atoms. The second kappa shape index (κ2) is 5.76. The Morgan fingerprint density at radius 3 is 2.48 bits per heavy atom. The van der Waals surface area contributed by atoms with E-state index in [0.717, 1.165) is 6.42 Å². The summed E-state index contributed by atoms with van der Waals surface area (Å²) >= 11 is 11.7. The van der Waals surface area contributed by atoms with Crippen molar-refractivity contribution in [2.45, 2.75) is 18.2 Å². The average molecular weight is 351 g/mol. The topological polar surface area (TPSA) is 80.5 Å². The Morgan fingerprint density at radius 1 is 1.43 bits per heavy atom. The van der Waals surface area contributed by atoms with Crippen LogP contribution in [-0.4, -0.2) is 32.8 Å². The molecule has 1 aliphatic carbocycles. The minimum absolute atomic E-state index is 0.0141. The fraction of sp³-hybridized carbons (Fsp3) is 0.462. The van der Waals surface area contributed by atoms with E-state index in [2.05, 4.69) is 6.92 Å². The van der Waals surface area contributed by atoms with Crippen molar-refractivity contribution in [3.8, 4) is 0 Å². The van der Waals surface area contributed by atoms with Gasteiger partial charge in [0.1, 0.15) is 4.90 Å². The van der Waals surface area contributed by atoms with Gasteiger partial charge in [0, 0.05) is 19.2 Å². The summed E-state index contributed by atoms with van der Waals surface area (Å²) in [5, 5.41) is 4.90. The van der Waals surface area contributed by atoms with Crippen LogP contribution in [0.4, 0.5) is 0 Å². The number of hydrogen-bond acceptors (Lipinski definition) is 3. The molecule has 0 aliphatic heterocycles. The molecule has 2 atom stereocenters. The highest BCUT2D eigenvalue weighted by molar-refractivity contribution is 7.89. The van der Waals surface area contributed by atoms with Crippen molar-refractivity contribution in [3.63, 3.8) is 0 Å². The summed E-state index contributed by atoms with van der Waals surface area (Å²) in [7, 11) is -2.37. The van der Waals surface area contributed by atoms with Gasteiger partial charge in [-0.1, -0.05) is 30.1 Å². The summed E-state index contributed by atoms with van der Waals surface area (Å²) in [5.74, 6) is 0.811. The lowest BCUT2D eigenvalue weighted by Crippen LogP contribution is -2.29. The molecule has 1 amide bonds. The number of primary sulfonamides is 1. The minimum atomic E-state index is -4.04. The van der Waals surface area contributed by atoms with Gasteiger partial charge in [-0.3, -0.25) is 4.79 Å². The van der Waals surface area contributed by atoms with Crippen LogP contribution < -0.4 is 5.14 Å². The Morgan fingerprint density at radius 2 is 2.00 bits per heavy atom. The van der Waals surface area contributed by atoms with Gasteiger partial charge in [0.15, 0.2) is 0 Å². The second-order valence-electron chi connectivity index (χ2n) is 5.47. The van der Waals surface area contributed by atoms with E-state index < -0.39 is 10.0 Å². The smallest absolute Gasteiger partial charge is 0.253 e. The van der Waals surface area contributed by atoms with Gasteiger partial charge in [0.05, 0.1) is 10.0 Å². The maximum atomic E-state index is 12.3. The zero-order valence-electron chi connectivity index (χ0n) is 11.6. The van der Waals surface area contributed by atoms with Crippen molar-refractivity contribution in [2.24, 2.45) is 17.0 Å². The molecule has 0 aromatic heterocycles. The van der Waals surface area contributed by atoms with Crippen LogP contribution >= 0.6 is 23.2 Å². The number of hydrogen-bond donors (Lipinski definition) is 1. The second-order valence-corrected chi connectivity index (χ2v) is 7.79. The van der Waals surface area contributed by atoms with Gasteiger partial charge in [-0.15, -0.1) is 0 Å². The first-order valence-electron chi connectivity index (χ1n) is 6.38. The van der Waals surface area contributed by atoms with Crippen LogP contribution in [0.1, 0.15) is 23.7 Å². The van der Waals surface area contributed by atoms with Crippen LogP contribution in [0.3, 0.4) is 0 Å². The van der Waals surface area contributed by atoms with E-state index in [9.17, 15) is 13.2 Å². The van der Waals surface area contributed by atoms with Crippen molar-refractivity contribution < 1.29 is 13.2 Å². The lowest BCUT2D eigenvalue weighted by Gasteiger charge is -2.18. The first-order chi connectivity index (χ1) is 9.61. The highest BCUT2D eigenvalue weighted by atomic mass is 35.5. The van der Waals surface area contributed by atoms with Crippen molar-refractivity contribution in [3.05, 3.63) is 27.7 Å². The molecule has 1 aliphatic rings. The standard InChI is InChI=1S/C13H16Cl2N2O3S/c1-7-3-9(7)6-17(2)13(18)8-4-10(14)12(15)11(5-8)21(16,19)20/h4-5,7,9H,3,6H2,1-2H3,(H2,16,19,20). The first-order valence-corrected chi connectivity index (χ1v) is 8.68. The number of nitrogens with zero attached hydrogens (tertiary/aromatic N) is 1. The fourth-order valence-corrected chi connectivity index (χ4v) is 3.56. The van der Waals surface area contributed by atoms with E-state index >= 15 is 0 Å². The van der Waals surface area contributed by atoms with Crippen LogP contribution in [0, 0.1) is 11.8 Å². The maximum absolute atomic E-state index is 12.3. The number of nitrogens with two attached hydrogens (primary N) is 1. The lowest BCUT2D eigenvalue weighted by atomic mass is 10.2. The monoisotopic (exact) mass is 350 g/mol. The van der Waals surface area contributed by atoms with Crippen molar-refractivity contribution in [1.29, 1.82) is 0 Å². The maximum Gasteiger partial charge on any atom is 0.253 e. The molecule has 5 nitrogen and oxygen atoms in total. The Kier molecular flexibility index (Phi) is 4.54. The van der Waals surface area contributed by atoms with Crippen molar-refractivity contribution in [2.75, 3.05) is 13.6 Å². The van der Waals surface area contributed by atoms with Gasteiger partial charge in [0.25, 0.3) is 5.91 Å². The number of carbonyl (C=O) groups is 1. The molecule has 2 rings (SSSR count). The van der Waals surface area contributed by atoms with E-state index in [1.807, 2.05) is 0 Å². The summed E-state index contributed by atoms with van der Waals surface area (Å²) in [4.78, 5) is 13.6. The van der Waals surface area contributed by atoms with Crippen LogP contribution in [0.5, 0.6) is 0 Å². The van der Waals surface area contributed by atoms with Crippen LogP contribution in [0.25, 0.3) is 0 Å². The van der Waals surface area contributed by atoms with Gasteiger partial charge in [-0.25, -0.2) is 13.6 Å². The molecule has 0 heterocycles. The molecule has 0 spiro atoms. The van der Waals surface area contributed by atoms with Gasteiger partial charge >= 0.3 is 0 Å². The number of carbonyl (C=O) groups excluding carboxylic acids is 1. The quantitative estimate of drug-likeness (QED) is 0.904. The summed E-state index contributed by atoms with van der Waals surface area (Å²) in [6, 6.07) is 2.52. The molecule has 0 bridgehead atoms. The largest absolute Gasteiger partial charge is 0.341 e. The number of rotatable bonds is 4. The first kappa shape index (κ1) is 16.5. The number of benzene rings is 1. The molecule has 2 unspecified atom stereocenters. The van der Waals surface area contributed by atoms with E-state index in [4.69, 9.17) is 28.3 Å². The third kappa shape index (κ3) is 3.69. The molecule has 1 fully saturated rings. The minimum Gasteiger partial charge on any atom is -0.341 e. The predicted molar refractivity (Wildman–Crippen MR) is 82.1 cm³/mol. The van der Waals surface area contributed by atoms with Gasteiger partial charge < -0.3 is 4.90 Å². The molecular weight excluding hydrogens is 335 g/mol. The third-order valence-corrected chi connectivity index (χ3v) is 5.53. The number of sulfonamides is 1. The Labute approximate surface area is 134 Å². The van der Waals surface area contributed by atoms with Crippen molar-refractivity contribution >= 4 is 39.1 Å². The van der Waals surface area contributed by atoms with E-state index in [1.54, 1.807) is 11.9 Å². The third-order valence-electron chi connectivity index (χ3n) is 3.68. The fourth-order valence-electron chi connectivity index (χ4n) is 2.20.